The molecular weight excluding hydrogens is 488 g/mol. The number of nitrogens with zero attached hydrogens (tertiary/aromatic N) is 4. The third-order valence-electron chi connectivity index (χ3n) is 9.72. The number of benzene rings is 2. The maximum atomic E-state index is 14.0. The average Bonchev–Trinajstić information content (AvgIpc) is 3.71. The predicted octanol–water partition coefficient (Wildman–Crippen LogP) is 5.25. The molecule has 0 bridgehead atoms. The summed E-state index contributed by atoms with van der Waals surface area (Å²) in [6.45, 7) is 7.45. The second-order valence-electron chi connectivity index (χ2n) is 11.8. The van der Waals surface area contributed by atoms with Crippen molar-refractivity contribution < 1.29 is 14.3 Å². The molecule has 1 aliphatic carbocycles. The van der Waals surface area contributed by atoms with Crippen molar-refractivity contribution in [2.45, 2.75) is 75.9 Å². The Morgan fingerprint density at radius 2 is 1.69 bits per heavy atom. The molecule has 0 N–H and O–H groups in total. The predicted molar refractivity (Wildman–Crippen MR) is 153 cm³/mol. The van der Waals surface area contributed by atoms with Crippen LogP contribution in [-0.2, 0) is 11.3 Å². The van der Waals surface area contributed by atoms with Crippen molar-refractivity contribution >= 4 is 17.6 Å². The maximum Gasteiger partial charge on any atom is 0.327 e. The van der Waals surface area contributed by atoms with E-state index >= 15 is 0 Å². The van der Waals surface area contributed by atoms with Crippen LogP contribution in [0, 0.1) is 0 Å². The van der Waals surface area contributed by atoms with E-state index in [4.69, 9.17) is 4.74 Å². The molecule has 1 spiro atoms. The number of amides is 3. The van der Waals surface area contributed by atoms with E-state index in [1.807, 2.05) is 24.0 Å². The minimum absolute atomic E-state index is 0.0261. The normalized spacial score (nSPS) is 25.3. The molecule has 3 amide bonds. The number of ether oxygens (including phenoxy) is 1. The molecule has 3 aliphatic heterocycles. The molecule has 6 rings (SSSR count). The van der Waals surface area contributed by atoms with Gasteiger partial charge in [-0.15, -0.1) is 0 Å². The minimum atomic E-state index is -0.685. The number of carbonyl (C=O) groups excluding carboxylic acids is 2. The minimum Gasteiger partial charge on any atom is -0.497 e. The van der Waals surface area contributed by atoms with Gasteiger partial charge in [0.05, 0.1) is 7.11 Å². The molecule has 1 saturated carbocycles. The molecule has 2 unspecified atom stereocenters. The van der Waals surface area contributed by atoms with Crippen molar-refractivity contribution in [3.05, 3.63) is 59.7 Å². The lowest BCUT2D eigenvalue weighted by molar-refractivity contribution is -0.137. The van der Waals surface area contributed by atoms with Crippen LogP contribution in [0.3, 0.4) is 0 Å². The lowest BCUT2D eigenvalue weighted by Crippen LogP contribution is -2.56. The fourth-order valence-corrected chi connectivity index (χ4v) is 7.50. The third-order valence-corrected chi connectivity index (χ3v) is 9.72. The zero-order valence-corrected chi connectivity index (χ0v) is 23.5. The van der Waals surface area contributed by atoms with Crippen molar-refractivity contribution in [1.29, 1.82) is 0 Å². The average molecular weight is 531 g/mol. The van der Waals surface area contributed by atoms with Crippen LogP contribution in [0.4, 0.5) is 10.5 Å². The summed E-state index contributed by atoms with van der Waals surface area (Å²) in [5.41, 5.74) is 3.19. The molecule has 3 saturated heterocycles. The number of likely N-dealkylation sites (N-methyl/N-ethyl adjacent to an activating group) is 1. The van der Waals surface area contributed by atoms with Crippen LogP contribution in [0.25, 0.3) is 0 Å². The van der Waals surface area contributed by atoms with Crippen LogP contribution < -0.4 is 9.64 Å². The van der Waals surface area contributed by atoms with Crippen molar-refractivity contribution in [2.24, 2.45) is 0 Å². The fourth-order valence-electron chi connectivity index (χ4n) is 7.50. The highest BCUT2D eigenvalue weighted by Gasteiger charge is 2.59. The van der Waals surface area contributed by atoms with E-state index in [1.54, 1.807) is 12.0 Å². The van der Waals surface area contributed by atoms with Crippen LogP contribution in [0.1, 0.15) is 68.9 Å². The van der Waals surface area contributed by atoms with Gasteiger partial charge >= 0.3 is 6.03 Å². The smallest absolute Gasteiger partial charge is 0.327 e. The number of carbonyl (C=O) groups is 2. The number of methoxy groups -OCH3 is 1. The van der Waals surface area contributed by atoms with E-state index in [2.05, 4.69) is 46.2 Å². The van der Waals surface area contributed by atoms with Gasteiger partial charge in [0.15, 0.2) is 0 Å². The SMILES string of the molecule is CCN1C(=O)N(C2CCC(c3cccc(OC)c3)C2)C(=O)C12CCN(Cc1ccc(N3CCCC3)cc1)CC2. The van der Waals surface area contributed by atoms with Crippen molar-refractivity contribution in [1.82, 2.24) is 14.7 Å². The van der Waals surface area contributed by atoms with Crippen molar-refractivity contribution in [2.75, 3.05) is 44.7 Å². The highest BCUT2D eigenvalue weighted by atomic mass is 16.5. The Hall–Kier alpha value is -3.06. The van der Waals surface area contributed by atoms with Gasteiger partial charge in [0.2, 0.25) is 0 Å². The van der Waals surface area contributed by atoms with Gasteiger partial charge in [0.1, 0.15) is 11.3 Å². The Labute approximate surface area is 232 Å². The first-order valence-electron chi connectivity index (χ1n) is 14.9. The lowest BCUT2D eigenvalue weighted by Gasteiger charge is -2.42. The molecule has 4 fully saturated rings. The van der Waals surface area contributed by atoms with E-state index in [9.17, 15) is 9.59 Å². The molecule has 208 valence electrons. The molecule has 3 heterocycles. The molecule has 2 atom stereocenters. The van der Waals surface area contributed by atoms with Crippen molar-refractivity contribution in [3.8, 4) is 5.75 Å². The zero-order chi connectivity index (χ0) is 27.0. The summed E-state index contributed by atoms with van der Waals surface area (Å²) in [6.07, 6.45) is 6.67. The summed E-state index contributed by atoms with van der Waals surface area (Å²) in [5, 5.41) is 0. The molecule has 7 nitrogen and oxygen atoms in total. The first-order chi connectivity index (χ1) is 19.0. The van der Waals surface area contributed by atoms with Gasteiger partial charge in [-0.3, -0.25) is 14.6 Å². The van der Waals surface area contributed by atoms with Gasteiger partial charge in [0, 0.05) is 51.0 Å². The number of urea groups is 1. The Bertz CT molecular complexity index is 1180. The summed E-state index contributed by atoms with van der Waals surface area (Å²) in [5.74, 6) is 1.24. The van der Waals surface area contributed by atoms with Crippen LogP contribution >= 0.6 is 0 Å². The summed E-state index contributed by atoms with van der Waals surface area (Å²) in [7, 11) is 1.69. The quantitative estimate of drug-likeness (QED) is 0.458. The van der Waals surface area contributed by atoms with E-state index in [0.29, 0.717) is 25.3 Å². The van der Waals surface area contributed by atoms with Gasteiger partial charge in [-0.05, 0) is 93.2 Å². The maximum absolute atomic E-state index is 14.0. The molecule has 0 radical (unpaired) electrons. The van der Waals surface area contributed by atoms with E-state index < -0.39 is 5.54 Å². The number of anilines is 1. The van der Waals surface area contributed by atoms with Gasteiger partial charge in [0.25, 0.3) is 5.91 Å². The fraction of sp³-hybridized carbons (Fsp3) is 0.562. The standard InChI is InChI=1S/C32H42N4O3/c1-3-35-31(38)36(28-14-11-26(21-28)25-7-6-8-29(22-25)39-2)30(37)32(35)15-19-33(20-16-32)23-24-9-12-27(13-10-24)34-17-4-5-18-34/h6-10,12-13,22,26,28H,3-5,11,14-21,23H2,1-2H3. The summed E-state index contributed by atoms with van der Waals surface area (Å²) in [4.78, 5) is 36.1. The van der Waals surface area contributed by atoms with Crippen LogP contribution in [0.5, 0.6) is 5.75 Å². The number of rotatable bonds is 7. The highest BCUT2D eigenvalue weighted by molar-refractivity contribution is 6.07. The van der Waals surface area contributed by atoms with Crippen LogP contribution in [-0.4, -0.2) is 78.1 Å². The van der Waals surface area contributed by atoms with E-state index in [-0.39, 0.29) is 18.0 Å². The van der Waals surface area contributed by atoms with Gasteiger partial charge < -0.3 is 14.5 Å². The highest BCUT2D eigenvalue weighted by Crippen LogP contribution is 2.44. The molecule has 2 aromatic carbocycles. The van der Waals surface area contributed by atoms with E-state index in [0.717, 1.165) is 57.7 Å². The number of imide groups is 1. The Morgan fingerprint density at radius 3 is 2.38 bits per heavy atom. The topological polar surface area (TPSA) is 56.3 Å². The second-order valence-corrected chi connectivity index (χ2v) is 11.8. The molecule has 7 heteroatoms. The van der Waals surface area contributed by atoms with Gasteiger partial charge in [-0.25, -0.2) is 4.79 Å². The first-order valence-corrected chi connectivity index (χ1v) is 14.9. The number of likely N-dealkylation sites (tertiary alicyclic amines) is 1. The van der Waals surface area contributed by atoms with Gasteiger partial charge in [-0.2, -0.15) is 0 Å². The lowest BCUT2D eigenvalue weighted by atomic mass is 9.85. The monoisotopic (exact) mass is 530 g/mol. The number of hydrogen-bond donors (Lipinski definition) is 0. The number of piperidine rings is 1. The summed E-state index contributed by atoms with van der Waals surface area (Å²) in [6, 6.07) is 17.1. The Balaban J connectivity index is 1.10. The van der Waals surface area contributed by atoms with Gasteiger partial charge in [-0.1, -0.05) is 24.3 Å². The van der Waals surface area contributed by atoms with E-state index in [1.165, 1.54) is 29.7 Å². The van der Waals surface area contributed by atoms with Crippen LogP contribution in [0.2, 0.25) is 0 Å². The Morgan fingerprint density at radius 1 is 0.949 bits per heavy atom. The number of hydrogen-bond acceptors (Lipinski definition) is 5. The summed E-state index contributed by atoms with van der Waals surface area (Å²) >= 11 is 0. The molecule has 39 heavy (non-hydrogen) atoms. The molecule has 4 aliphatic rings. The first kappa shape index (κ1) is 26.2. The third kappa shape index (κ3) is 4.79. The second kappa shape index (κ2) is 10.8. The molecule has 2 aromatic rings. The van der Waals surface area contributed by atoms with Crippen molar-refractivity contribution in [3.63, 3.8) is 0 Å². The Kier molecular flexibility index (Phi) is 7.27. The largest absolute Gasteiger partial charge is 0.497 e. The molecular formula is C32H42N4O3. The molecule has 0 aromatic heterocycles. The van der Waals surface area contributed by atoms with Crippen LogP contribution in [0.15, 0.2) is 48.5 Å². The summed E-state index contributed by atoms with van der Waals surface area (Å²) < 4.78 is 5.42. The zero-order valence-electron chi connectivity index (χ0n) is 23.5.